The Kier molecular flexibility index (Phi) is 4.69. The molecule has 0 aliphatic rings. The number of aromatic amines is 1. The van der Waals surface area contributed by atoms with Crippen LogP contribution in [-0.4, -0.2) is 9.97 Å². The third-order valence-electron chi connectivity index (χ3n) is 3.42. The van der Waals surface area contributed by atoms with Crippen molar-refractivity contribution in [2.45, 2.75) is 6.18 Å². The minimum Gasteiger partial charge on any atom is -0.326 e. The highest BCUT2D eigenvalue weighted by Gasteiger charge is 2.33. The number of H-pyrrole nitrogens is 1. The van der Waals surface area contributed by atoms with E-state index in [1.807, 2.05) is 0 Å². The first-order valence-corrected chi connectivity index (χ1v) is 7.61. The second-order valence-electron chi connectivity index (χ2n) is 5.30. The lowest BCUT2D eigenvalue weighted by atomic mass is 10.1. The number of alkyl halides is 3. The summed E-state index contributed by atoms with van der Waals surface area (Å²) in [7, 11) is 0. The van der Waals surface area contributed by atoms with E-state index in [0.717, 1.165) is 12.1 Å². The smallest absolute Gasteiger partial charge is 0.326 e. The van der Waals surface area contributed by atoms with Crippen LogP contribution in [-0.2, 0) is 6.18 Å². The predicted octanol–water partition coefficient (Wildman–Crippen LogP) is 4.99. The predicted molar refractivity (Wildman–Crippen MR) is 90.0 cm³/mol. The quantitative estimate of drug-likeness (QED) is 0.626. The van der Waals surface area contributed by atoms with Gasteiger partial charge >= 0.3 is 6.18 Å². The van der Waals surface area contributed by atoms with Gasteiger partial charge in [0.05, 0.1) is 16.3 Å². The van der Waals surface area contributed by atoms with Crippen molar-refractivity contribution in [1.82, 2.24) is 9.97 Å². The van der Waals surface area contributed by atoms with Crippen LogP contribution in [0.15, 0.2) is 53.3 Å². The summed E-state index contributed by atoms with van der Waals surface area (Å²) in [5.41, 5.74) is -0.775. The van der Waals surface area contributed by atoms with Gasteiger partial charge in [-0.05, 0) is 42.5 Å². The normalized spacial score (nSPS) is 11.4. The van der Waals surface area contributed by atoms with Gasteiger partial charge in [-0.2, -0.15) is 13.2 Å². The lowest BCUT2D eigenvalue weighted by molar-refractivity contribution is -0.137. The van der Waals surface area contributed by atoms with Gasteiger partial charge < -0.3 is 5.32 Å². The fourth-order valence-electron chi connectivity index (χ4n) is 2.24. The monoisotopic (exact) mass is 383 g/mol. The first kappa shape index (κ1) is 17.9. The standard InChI is InChI=1S/C17H10ClF4N3O/c18-13-6-5-11(7-12(13)17(20,21)22)23-16-24-14(8-15(26)25-16)9-1-3-10(19)4-2-9/h1-8H,(H2,23,24,25,26). The van der Waals surface area contributed by atoms with E-state index in [1.165, 1.54) is 36.4 Å². The molecule has 134 valence electrons. The molecule has 4 nitrogen and oxygen atoms in total. The number of nitrogens with one attached hydrogen (secondary N) is 2. The summed E-state index contributed by atoms with van der Waals surface area (Å²) in [6.07, 6.45) is -4.62. The zero-order chi connectivity index (χ0) is 18.9. The number of anilines is 2. The molecule has 3 aromatic rings. The Balaban J connectivity index is 1.96. The SMILES string of the molecule is O=c1cc(-c2ccc(F)cc2)nc(Nc2ccc(Cl)c(C(F)(F)F)c2)[nH]1. The van der Waals surface area contributed by atoms with Crippen LogP contribution < -0.4 is 10.9 Å². The van der Waals surface area contributed by atoms with E-state index < -0.39 is 28.1 Å². The average Bonchev–Trinajstić information content (AvgIpc) is 2.56. The zero-order valence-electron chi connectivity index (χ0n) is 12.9. The maximum Gasteiger partial charge on any atom is 0.417 e. The molecule has 0 aliphatic carbocycles. The van der Waals surface area contributed by atoms with Crippen molar-refractivity contribution in [3.63, 3.8) is 0 Å². The Morgan fingerprint density at radius 2 is 1.73 bits per heavy atom. The Morgan fingerprint density at radius 1 is 1.04 bits per heavy atom. The Morgan fingerprint density at radius 3 is 2.38 bits per heavy atom. The van der Waals surface area contributed by atoms with Crippen LogP contribution in [0.3, 0.4) is 0 Å². The van der Waals surface area contributed by atoms with Crippen LogP contribution in [0, 0.1) is 5.82 Å². The fraction of sp³-hybridized carbons (Fsp3) is 0.0588. The number of nitrogens with zero attached hydrogens (tertiary/aromatic N) is 1. The molecule has 0 aliphatic heterocycles. The van der Waals surface area contributed by atoms with Crippen molar-refractivity contribution in [2.24, 2.45) is 0 Å². The molecule has 3 rings (SSSR count). The van der Waals surface area contributed by atoms with E-state index in [0.29, 0.717) is 5.56 Å². The molecule has 0 amide bonds. The molecule has 26 heavy (non-hydrogen) atoms. The number of benzene rings is 2. The summed E-state index contributed by atoms with van der Waals surface area (Å²) in [6.45, 7) is 0. The number of halogens is 5. The van der Waals surface area contributed by atoms with Crippen molar-refractivity contribution < 1.29 is 17.6 Å². The van der Waals surface area contributed by atoms with E-state index in [1.54, 1.807) is 0 Å². The van der Waals surface area contributed by atoms with E-state index in [2.05, 4.69) is 15.3 Å². The summed E-state index contributed by atoms with van der Waals surface area (Å²) in [6, 6.07) is 9.71. The first-order valence-electron chi connectivity index (χ1n) is 7.23. The topological polar surface area (TPSA) is 57.8 Å². The molecule has 0 fully saturated rings. The molecule has 0 spiro atoms. The molecule has 0 saturated carbocycles. The van der Waals surface area contributed by atoms with Gasteiger partial charge in [0.2, 0.25) is 5.95 Å². The third-order valence-corrected chi connectivity index (χ3v) is 3.75. The molecule has 1 heterocycles. The summed E-state index contributed by atoms with van der Waals surface area (Å²) in [5.74, 6) is -0.509. The van der Waals surface area contributed by atoms with Gasteiger partial charge in [-0.15, -0.1) is 0 Å². The third kappa shape index (κ3) is 4.02. The molecule has 1 aromatic heterocycles. The Bertz CT molecular complexity index is 1000. The molecule has 9 heteroatoms. The maximum absolute atomic E-state index is 13.0. The van der Waals surface area contributed by atoms with Crippen LogP contribution >= 0.6 is 11.6 Å². The zero-order valence-corrected chi connectivity index (χ0v) is 13.6. The summed E-state index contributed by atoms with van der Waals surface area (Å²) in [4.78, 5) is 18.3. The van der Waals surface area contributed by atoms with Gasteiger partial charge in [0.15, 0.2) is 0 Å². The molecule has 0 bridgehead atoms. The van der Waals surface area contributed by atoms with Crippen LogP contribution in [0.4, 0.5) is 29.2 Å². The molecule has 0 saturated heterocycles. The summed E-state index contributed by atoms with van der Waals surface area (Å²) < 4.78 is 51.8. The molecule has 2 aromatic carbocycles. The van der Waals surface area contributed by atoms with Crippen molar-refractivity contribution in [3.05, 3.63) is 75.3 Å². The van der Waals surface area contributed by atoms with Crippen LogP contribution in [0.1, 0.15) is 5.56 Å². The summed E-state index contributed by atoms with van der Waals surface area (Å²) >= 11 is 5.58. The average molecular weight is 384 g/mol. The van der Waals surface area contributed by atoms with Crippen LogP contribution in [0.25, 0.3) is 11.3 Å². The molecule has 2 N–H and O–H groups in total. The van der Waals surface area contributed by atoms with Gasteiger partial charge in [0.25, 0.3) is 5.56 Å². The van der Waals surface area contributed by atoms with Crippen LogP contribution in [0.2, 0.25) is 5.02 Å². The van der Waals surface area contributed by atoms with E-state index in [9.17, 15) is 22.4 Å². The largest absolute Gasteiger partial charge is 0.417 e. The molecule has 0 radical (unpaired) electrons. The molecule has 0 unspecified atom stereocenters. The van der Waals surface area contributed by atoms with E-state index in [-0.39, 0.29) is 17.3 Å². The van der Waals surface area contributed by atoms with Gasteiger partial charge in [0.1, 0.15) is 5.82 Å². The lowest BCUT2D eigenvalue weighted by Gasteiger charge is -2.12. The van der Waals surface area contributed by atoms with Crippen molar-refractivity contribution in [3.8, 4) is 11.3 Å². The fourth-order valence-corrected chi connectivity index (χ4v) is 2.47. The van der Waals surface area contributed by atoms with E-state index in [4.69, 9.17) is 11.6 Å². The number of aromatic nitrogens is 2. The Hall–Kier alpha value is -2.87. The molecular formula is C17H10ClF4N3O. The minimum atomic E-state index is -4.62. The second-order valence-corrected chi connectivity index (χ2v) is 5.71. The summed E-state index contributed by atoms with van der Waals surface area (Å²) in [5, 5.41) is 2.17. The number of hydrogen-bond acceptors (Lipinski definition) is 3. The maximum atomic E-state index is 13.0. The van der Waals surface area contributed by atoms with E-state index >= 15 is 0 Å². The number of hydrogen-bond donors (Lipinski definition) is 2. The van der Waals surface area contributed by atoms with Gasteiger partial charge in [-0.25, -0.2) is 9.37 Å². The second kappa shape index (κ2) is 6.80. The highest BCUT2D eigenvalue weighted by atomic mass is 35.5. The van der Waals surface area contributed by atoms with Crippen LogP contribution in [0.5, 0.6) is 0 Å². The van der Waals surface area contributed by atoms with Gasteiger partial charge in [-0.1, -0.05) is 11.6 Å². The van der Waals surface area contributed by atoms with Gasteiger partial charge in [-0.3, -0.25) is 9.78 Å². The lowest BCUT2D eigenvalue weighted by Crippen LogP contribution is -2.11. The minimum absolute atomic E-state index is 0.0427. The highest BCUT2D eigenvalue weighted by Crippen LogP contribution is 2.36. The molecule has 0 atom stereocenters. The van der Waals surface area contributed by atoms with Crippen molar-refractivity contribution >= 4 is 23.2 Å². The highest BCUT2D eigenvalue weighted by molar-refractivity contribution is 6.31. The Labute approximate surface area is 149 Å². The molecular weight excluding hydrogens is 374 g/mol. The number of rotatable bonds is 3. The van der Waals surface area contributed by atoms with Gasteiger partial charge in [0, 0.05) is 17.3 Å². The first-order chi connectivity index (χ1) is 12.2. The van der Waals surface area contributed by atoms with Crippen molar-refractivity contribution in [2.75, 3.05) is 5.32 Å². The van der Waals surface area contributed by atoms with Crippen molar-refractivity contribution in [1.29, 1.82) is 0 Å².